The molecule has 0 aromatic rings. The Labute approximate surface area is 151 Å². The maximum atomic E-state index is 10.7. The second-order valence-electron chi connectivity index (χ2n) is 10.7. The highest BCUT2D eigenvalue weighted by atomic mass is 28.4. The molecule has 2 aliphatic rings. The first-order valence-electron chi connectivity index (χ1n) is 9.78. The average Bonchev–Trinajstić information content (AvgIpc) is 2.37. The van der Waals surface area contributed by atoms with E-state index in [2.05, 4.69) is 47.7 Å². The van der Waals surface area contributed by atoms with Crippen LogP contribution in [0.1, 0.15) is 80.6 Å². The molecule has 140 valence electrons. The van der Waals surface area contributed by atoms with Gasteiger partial charge in [0.25, 0.3) is 0 Å². The van der Waals surface area contributed by atoms with Crippen molar-refractivity contribution in [3.8, 4) is 0 Å². The van der Waals surface area contributed by atoms with Crippen molar-refractivity contribution in [2.75, 3.05) is 0 Å². The Morgan fingerprint density at radius 1 is 1.17 bits per heavy atom. The zero-order valence-corrected chi connectivity index (χ0v) is 18.5. The first-order valence-corrected chi connectivity index (χ1v) is 12.7. The quantitative estimate of drug-likeness (QED) is 0.494. The standard InChI is InChI=1S/C21H40O2Si/c1-15-11-10-12-21(7)17(15)13-16(20(5,6)22)14-18(21)23-24(8,9)19(2,3)4/h16,18,22H,10-14H2,1-9H3/t16-,18-,21-/m1/s1. The summed E-state index contributed by atoms with van der Waals surface area (Å²) in [5, 5.41) is 10.9. The highest BCUT2D eigenvalue weighted by Crippen LogP contribution is 2.55. The Hall–Kier alpha value is -0.123. The van der Waals surface area contributed by atoms with Crippen molar-refractivity contribution < 1.29 is 9.53 Å². The van der Waals surface area contributed by atoms with E-state index in [-0.39, 0.29) is 16.6 Å². The van der Waals surface area contributed by atoms with Crippen LogP contribution >= 0.6 is 0 Å². The van der Waals surface area contributed by atoms with Crippen molar-refractivity contribution in [1.82, 2.24) is 0 Å². The highest BCUT2D eigenvalue weighted by molar-refractivity contribution is 6.74. The molecular formula is C21H40O2Si. The molecule has 0 spiro atoms. The summed E-state index contributed by atoms with van der Waals surface area (Å²) in [4.78, 5) is 0. The lowest BCUT2D eigenvalue weighted by molar-refractivity contribution is -0.0530. The van der Waals surface area contributed by atoms with Gasteiger partial charge < -0.3 is 9.53 Å². The van der Waals surface area contributed by atoms with Crippen LogP contribution in [0.5, 0.6) is 0 Å². The molecule has 2 aliphatic carbocycles. The van der Waals surface area contributed by atoms with Gasteiger partial charge in [-0.3, -0.25) is 0 Å². The van der Waals surface area contributed by atoms with Crippen molar-refractivity contribution in [3.63, 3.8) is 0 Å². The Balaban J connectivity index is 2.41. The molecule has 1 N–H and O–H groups in total. The molecule has 0 aliphatic heterocycles. The lowest BCUT2D eigenvalue weighted by atomic mass is 9.58. The van der Waals surface area contributed by atoms with Crippen LogP contribution in [-0.2, 0) is 4.43 Å². The Morgan fingerprint density at radius 3 is 2.25 bits per heavy atom. The third-order valence-corrected chi connectivity index (χ3v) is 11.8. The maximum absolute atomic E-state index is 10.7. The number of hydrogen-bond acceptors (Lipinski definition) is 2. The molecule has 3 heteroatoms. The fourth-order valence-electron chi connectivity index (χ4n) is 4.37. The molecule has 0 radical (unpaired) electrons. The van der Waals surface area contributed by atoms with E-state index in [1.165, 1.54) is 19.3 Å². The molecule has 0 aromatic carbocycles. The third-order valence-electron chi connectivity index (χ3n) is 7.35. The van der Waals surface area contributed by atoms with Crippen LogP contribution in [0.3, 0.4) is 0 Å². The van der Waals surface area contributed by atoms with Crippen molar-refractivity contribution in [2.45, 2.75) is 110 Å². The first kappa shape index (κ1) is 20.2. The number of hydrogen-bond donors (Lipinski definition) is 1. The molecule has 24 heavy (non-hydrogen) atoms. The normalized spacial score (nSPS) is 32.8. The topological polar surface area (TPSA) is 29.5 Å². The lowest BCUT2D eigenvalue weighted by Gasteiger charge is -2.54. The predicted octanol–water partition coefficient (Wildman–Crippen LogP) is 6.06. The number of fused-ring (bicyclic) bond motifs is 1. The molecule has 2 nitrogen and oxygen atoms in total. The summed E-state index contributed by atoms with van der Waals surface area (Å²) in [6.07, 6.45) is 6.00. The Bertz CT molecular complexity index is 507. The molecule has 1 saturated carbocycles. The lowest BCUT2D eigenvalue weighted by Crippen LogP contribution is -2.54. The van der Waals surface area contributed by atoms with E-state index < -0.39 is 13.9 Å². The van der Waals surface area contributed by atoms with Crippen molar-refractivity contribution in [2.24, 2.45) is 11.3 Å². The van der Waals surface area contributed by atoms with Gasteiger partial charge >= 0.3 is 0 Å². The summed E-state index contributed by atoms with van der Waals surface area (Å²) in [5.41, 5.74) is 2.68. The molecule has 0 unspecified atom stereocenters. The fourth-order valence-corrected chi connectivity index (χ4v) is 5.79. The fraction of sp³-hybridized carbons (Fsp3) is 0.905. The third kappa shape index (κ3) is 3.68. The Kier molecular flexibility index (Phi) is 5.25. The van der Waals surface area contributed by atoms with E-state index in [1.54, 1.807) is 11.1 Å². The zero-order valence-electron chi connectivity index (χ0n) is 17.5. The van der Waals surface area contributed by atoms with Crippen LogP contribution in [0.4, 0.5) is 0 Å². The minimum absolute atomic E-state index is 0.166. The molecule has 0 bridgehead atoms. The number of allylic oxidation sites excluding steroid dienone is 1. The minimum Gasteiger partial charge on any atom is -0.413 e. The first-order chi connectivity index (χ1) is 10.7. The summed E-state index contributed by atoms with van der Waals surface area (Å²) in [6.45, 7) is 20.4. The predicted molar refractivity (Wildman–Crippen MR) is 106 cm³/mol. The summed E-state index contributed by atoms with van der Waals surface area (Å²) >= 11 is 0. The van der Waals surface area contributed by atoms with Gasteiger partial charge in [0.05, 0.1) is 11.7 Å². The van der Waals surface area contributed by atoms with Crippen LogP contribution in [0, 0.1) is 11.3 Å². The molecule has 2 rings (SSSR count). The molecule has 0 saturated heterocycles. The van der Waals surface area contributed by atoms with Crippen LogP contribution in [0.15, 0.2) is 11.1 Å². The monoisotopic (exact) mass is 352 g/mol. The van der Waals surface area contributed by atoms with Gasteiger partial charge in [0.1, 0.15) is 0 Å². The van der Waals surface area contributed by atoms with Gasteiger partial charge in [-0.1, -0.05) is 38.8 Å². The van der Waals surface area contributed by atoms with Crippen LogP contribution in [-0.4, -0.2) is 25.1 Å². The van der Waals surface area contributed by atoms with E-state index >= 15 is 0 Å². The summed E-state index contributed by atoms with van der Waals surface area (Å²) in [5.74, 6) is 0.295. The van der Waals surface area contributed by atoms with E-state index in [4.69, 9.17) is 4.43 Å². The van der Waals surface area contributed by atoms with Gasteiger partial charge in [0, 0.05) is 5.41 Å². The van der Waals surface area contributed by atoms with Gasteiger partial charge in [0.2, 0.25) is 0 Å². The van der Waals surface area contributed by atoms with Crippen LogP contribution in [0.2, 0.25) is 18.1 Å². The van der Waals surface area contributed by atoms with Crippen molar-refractivity contribution in [1.29, 1.82) is 0 Å². The number of rotatable bonds is 3. The van der Waals surface area contributed by atoms with Crippen LogP contribution < -0.4 is 0 Å². The Morgan fingerprint density at radius 2 is 1.75 bits per heavy atom. The average molecular weight is 353 g/mol. The maximum Gasteiger partial charge on any atom is 0.192 e. The number of aliphatic hydroxyl groups is 1. The van der Waals surface area contributed by atoms with E-state index in [1.807, 2.05) is 13.8 Å². The summed E-state index contributed by atoms with van der Waals surface area (Å²) < 4.78 is 6.98. The molecular weight excluding hydrogens is 312 g/mol. The van der Waals surface area contributed by atoms with Gasteiger partial charge in [-0.15, -0.1) is 0 Å². The summed E-state index contributed by atoms with van der Waals surface area (Å²) in [7, 11) is -1.83. The zero-order chi connectivity index (χ0) is 18.6. The van der Waals surface area contributed by atoms with Crippen molar-refractivity contribution >= 4 is 8.32 Å². The summed E-state index contributed by atoms with van der Waals surface area (Å²) in [6, 6.07) is 0. The van der Waals surface area contributed by atoms with E-state index in [0.717, 1.165) is 12.8 Å². The highest BCUT2D eigenvalue weighted by Gasteiger charge is 2.51. The molecule has 3 atom stereocenters. The smallest absolute Gasteiger partial charge is 0.192 e. The molecule has 0 amide bonds. The SMILES string of the molecule is CC1=C2C[C@@H](C(C)(C)O)C[C@@H](O[Si](C)(C)C(C)(C)C)[C@]2(C)CCC1. The second-order valence-corrected chi connectivity index (χ2v) is 15.4. The van der Waals surface area contributed by atoms with Gasteiger partial charge in [-0.05, 0) is 76.9 Å². The molecule has 0 heterocycles. The van der Waals surface area contributed by atoms with E-state index in [0.29, 0.717) is 5.92 Å². The van der Waals surface area contributed by atoms with E-state index in [9.17, 15) is 5.11 Å². The van der Waals surface area contributed by atoms with Crippen LogP contribution in [0.25, 0.3) is 0 Å². The molecule has 0 aromatic heterocycles. The molecule has 1 fully saturated rings. The van der Waals surface area contributed by atoms with Crippen molar-refractivity contribution in [3.05, 3.63) is 11.1 Å². The van der Waals surface area contributed by atoms with Gasteiger partial charge in [-0.25, -0.2) is 0 Å². The largest absolute Gasteiger partial charge is 0.413 e. The van der Waals surface area contributed by atoms with Gasteiger partial charge in [-0.2, -0.15) is 0 Å². The minimum atomic E-state index is -1.83. The van der Waals surface area contributed by atoms with Gasteiger partial charge in [0.15, 0.2) is 8.32 Å². The second kappa shape index (κ2) is 6.24.